The molecule has 0 aliphatic carbocycles. The van der Waals surface area contributed by atoms with E-state index in [9.17, 15) is 14.0 Å². The average molecular weight is 504 g/mol. The van der Waals surface area contributed by atoms with Gasteiger partial charge in [-0.05, 0) is 0 Å². The summed E-state index contributed by atoms with van der Waals surface area (Å²) >= 11 is 0.939. The van der Waals surface area contributed by atoms with E-state index < -0.39 is 23.7 Å². The summed E-state index contributed by atoms with van der Waals surface area (Å²) in [6, 6.07) is -1.15. The summed E-state index contributed by atoms with van der Waals surface area (Å²) in [4.78, 5) is 25.4. The third kappa shape index (κ3) is 2.66. The van der Waals surface area contributed by atoms with Crippen LogP contribution in [0, 0.1) is 30.5 Å². The number of carboxylic acids is 1. The van der Waals surface area contributed by atoms with Crippen molar-refractivity contribution in [3.8, 4) is 5.75 Å². The molecular weight excluding hydrogens is 491 g/mol. The standard InChI is InChI=1S/C13H13AtFN3O4/c1-22-11-9(15)8(14)7(12(17)19)6-4(3-18-10(6)11)2-5(16)13(20)21/h3,5,18H,2,16H2,1H3,(H2,17,19)(H,20,21). The quantitative estimate of drug-likeness (QED) is 0.438. The maximum atomic E-state index is 14.3. The van der Waals surface area contributed by atoms with E-state index in [0.29, 0.717) is 10.9 Å². The number of methoxy groups -OCH3 is 1. The topological polar surface area (TPSA) is 131 Å². The molecule has 0 fully saturated rings. The van der Waals surface area contributed by atoms with Gasteiger partial charge in [-0.3, -0.25) is 0 Å². The Labute approximate surface area is 139 Å². The predicted molar refractivity (Wildman–Crippen MR) is 72.3 cm³/mol. The average Bonchev–Trinajstić information content (AvgIpc) is 2.83. The molecular formula is C13H13AtFN3O4. The zero-order valence-corrected chi connectivity index (χ0v) is 14.4. The molecule has 1 aromatic heterocycles. The van der Waals surface area contributed by atoms with Crippen LogP contribution in [0.5, 0.6) is 5.75 Å². The number of carbonyl (C=O) groups excluding carboxylic acids is 1. The number of carbonyl (C=O) groups is 2. The Morgan fingerprint density at radius 3 is 2.68 bits per heavy atom. The SMILES string of the molecule is COc1c(F)c([At])c(C(N)=O)c2c(CC(N)C(=O)O)c[nH]c12. The molecule has 118 valence electrons. The first-order chi connectivity index (χ1) is 10.3. The number of ether oxygens (including phenoxy) is 1. The Bertz CT molecular complexity index is 774. The second-order valence-electron chi connectivity index (χ2n) is 4.61. The summed E-state index contributed by atoms with van der Waals surface area (Å²) in [5.74, 6) is -2.69. The monoisotopic (exact) mass is 504 g/mol. The van der Waals surface area contributed by atoms with Crippen LogP contribution in [-0.4, -0.2) is 35.1 Å². The van der Waals surface area contributed by atoms with Crippen molar-refractivity contribution in [1.29, 1.82) is 0 Å². The molecule has 1 heterocycles. The minimum absolute atomic E-state index is 0.0128. The molecule has 1 atom stereocenters. The Morgan fingerprint density at radius 1 is 1.55 bits per heavy atom. The summed E-state index contributed by atoms with van der Waals surface area (Å²) in [7, 11) is 1.30. The summed E-state index contributed by atoms with van der Waals surface area (Å²) in [6.07, 6.45) is 1.45. The molecule has 0 radical (unpaired) electrons. The third-order valence-corrected chi connectivity index (χ3v) is 4.64. The second kappa shape index (κ2) is 6.18. The number of hydrogen-bond acceptors (Lipinski definition) is 4. The molecule has 22 heavy (non-hydrogen) atoms. The van der Waals surface area contributed by atoms with E-state index in [4.69, 9.17) is 21.3 Å². The van der Waals surface area contributed by atoms with Gasteiger partial charge in [-0.1, -0.05) is 0 Å². The summed E-state index contributed by atoms with van der Waals surface area (Å²) in [6.45, 7) is 0. The van der Waals surface area contributed by atoms with E-state index in [1.807, 2.05) is 0 Å². The van der Waals surface area contributed by atoms with Crippen LogP contribution in [-0.2, 0) is 11.2 Å². The molecule has 7 nitrogen and oxygen atoms in total. The zero-order valence-electron chi connectivity index (χ0n) is 11.4. The number of halogens is 1. The van der Waals surface area contributed by atoms with Gasteiger partial charge in [0.15, 0.2) is 0 Å². The van der Waals surface area contributed by atoms with Gasteiger partial charge in [-0.25, -0.2) is 0 Å². The van der Waals surface area contributed by atoms with Gasteiger partial charge in [0, 0.05) is 0 Å². The molecule has 1 aromatic carbocycles. The van der Waals surface area contributed by atoms with Crippen molar-refractivity contribution in [2.24, 2.45) is 11.5 Å². The minimum atomic E-state index is -1.18. The number of aliphatic carboxylic acids is 1. The Balaban J connectivity index is 2.79. The van der Waals surface area contributed by atoms with Gasteiger partial charge in [-0.2, -0.15) is 0 Å². The fourth-order valence-corrected chi connectivity index (χ4v) is 3.33. The van der Waals surface area contributed by atoms with Gasteiger partial charge in [0.05, 0.1) is 0 Å². The molecule has 0 saturated carbocycles. The van der Waals surface area contributed by atoms with Crippen molar-refractivity contribution in [2.75, 3.05) is 7.11 Å². The maximum absolute atomic E-state index is 14.3. The molecule has 1 amide bonds. The number of carboxylic acid groups (broad SMARTS) is 1. The van der Waals surface area contributed by atoms with E-state index in [0.717, 1.165) is 24.7 Å². The Morgan fingerprint density at radius 2 is 2.18 bits per heavy atom. The van der Waals surface area contributed by atoms with Crippen LogP contribution < -0.4 is 19.5 Å². The number of hydrogen-bond donors (Lipinski definition) is 4. The molecule has 0 aliphatic rings. The first-order valence-electron chi connectivity index (χ1n) is 6.12. The number of aromatic nitrogens is 1. The van der Waals surface area contributed by atoms with E-state index in [1.54, 1.807) is 0 Å². The van der Waals surface area contributed by atoms with Crippen LogP contribution >= 0.6 is 0 Å². The third-order valence-electron chi connectivity index (χ3n) is 3.26. The van der Waals surface area contributed by atoms with Gasteiger partial charge in [0.2, 0.25) is 0 Å². The number of nitrogens with one attached hydrogen (secondary N) is 1. The second-order valence-corrected chi connectivity index (χ2v) is 6.08. The number of rotatable bonds is 5. The molecule has 0 bridgehead atoms. The number of aromatic amines is 1. The summed E-state index contributed by atoms with van der Waals surface area (Å²) in [5, 5.41) is 9.27. The van der Waals surface area contributed by atoms with Gasteiger partial charge in [0.1, 0.15) is 0 Å². The van der Waals surface area contributed by atoms with Crippen molar-refractivity contribution in [3.05, 3.63) is 23.1 Å². The van der Waals surface area contributed by atoms with Crippen LogP contribution in [0.4, 0.5) is 4.39 Å². The molecule has 0 aliphatic heterocycles. The van der Waals surface area contributed by atoms with Crippen LogP contribution in [0.15, 0.2) is 6.20 Å². The Hall–Kier alpha value is -1.73. The zero-order chi connectivity index (χ0) is 16.6. The molecule has 9 heteroatoms. The van der Waals surface area contributed by atoms with Crippen LogP contribution in [0.1, 0.15) is 15.9 Å². The number of primary amides is 1. The summed E-state index contributed by atoms with van der Waals surface area (Å²) < 4.78 is 19.4. The van der Waals surface area contributed by atoms with Crippen LogP contribution in [0.25, 0.3) is 10.9 Å². The fraction of sp³-hybridized carbons (Fsp3) is 0.231. The first-order valence-corrected chi connectivity index (χ1v) is 7.59. The number of H-pyrrole nitrogens is 1. The number of fused-ring (bicyclic) bond motifs is 1. The molecule has 6 N–H and O–H groups in total. The van der Waals surface area contributed by atoms with Gasteiger partial charge >= 0.3 is 140 Å². The van der Waals surface area contributed by atoms with Crippen molar-refractivity contribution < 1.29 is 48.5 Å². The normalized spacial score (nSPS) is 12.4. The van der Waals surface area contributed by atoms with Crippen molar-refractivity contribution >= 4 is 26.1 Å². The van der Waals surface area contributed by atoms with Gasteiger partial charge < -0.3 is 0 Å². The molecule has 1 unspecified atom stereocenters. The predicted octanol–water partition coefficient (Wildman–Crippen LogP) is -0.456. The van der Waals surface area contributed by atoms with Crippen molar-refractivity contribution in [3.63, 3.8) is 0 Å². The van der Waals surface area contributed by atoms with Gasteiger partial charge in [-0.15, -0.1) is 0 Å². The van der Waals surface area contributed by atoms with E-state index in [2.05, 4.69) is 4.98 Å². The molecule has 2 aromatic rings. The fourth-order valence-electron chi connectivity index (χ4n) is 2.27. The van der Waals surface area contributed by atoms with Crippen LogP contribution in [0.3, 0.4) is 0 Å². The number of nitrogens with two attached hydrogens (primary N) is 2. The van der Waals surface area contributed by atoms with Crippen LogP contribution in [0.2, 0.25) is 0 Å². The van der Waals surface area contributed by atoms with Crippen molar-refractivity contribution in [2.45, 2.75) is 12.5 Å². The van der Waals surface area contributed by atoms with Crippen molar-refractivity contribution in [1.82, 2.24) is 4.98 Å². The van der Waals surface area contributed by atoms with E-state index in [1.165, 1.54) is 13.3 Å². The number of benzene rings is 1. The van der Waals surface area contributed by atoms with E-state index >= 15 is 0 Å². The van der Waals surface area contributed by atoms with Gasteiger partial charge in [0.25, 0.3) is 0 Å². The summed E-state index contributed by atoms with van der Waals surface area (Å²) in [5.41, 5.74) is 11.6. The molecule has 2 rings (SSSR count). The number of amides is 1. The van der Waals surface area contributed by atoms with E-state index in [-0.39, 0.29) is 26.5 Å². The molecule has 0 spiro atoms. The molecule has 0 saturated heterocycles. The first kappa shape index (κ1) is 16.6. The Kier molecular flexibility index (Phi) is 4.67.